The van der Waals surface area contributed by atoms with Crippen LogP contribution in [0.15, 0.2) is 30.5 Å². The molecule has 1 heterocycles. The van der Waals surface area contributed by atoms with E-state index in [1.54, 1.807) is 31.6 Å². The predicted molar refractivity (Wildman–Crippen MR) is 82.6 cm³/mol. The Morgan fingerprint density at radius 2 is 1.90 bits per heavy atom. The molecule has 0 spiro atoms. The monoisotopic (exact) mass is 288 g/mol. The zero-order chi connectivity index (χ0) is 15.6. The number of nitrogen functional groups attached to an aromatic ring is 1. The molecule has 0 aliphatic heterocycles. The number of rotatable bonds is 2. The van der Waals surface area contributed by atoms with Crippen molar-refractivity contribution in [2.75, 3.05) is 11.1 Å². The quantitative estimate of drug-likeness (QED) is 0.889. The van der Waals surface area contributed by atoms with Crippen molar-refractivity contribution in [2.24, 2.45) is 0 Å². The van der Waals surface area contributed by atoms with Crippen LogP contribution in [-0.2, 0) is 4.74 Å². The van der Waals surface area contributed by atoms with E-state index in [-0.39, 0.29) is 5.82 Å². The van der Waals surface area contributed by atoms with Gasteiger partial charge < -0.3 is 10.5 Å². The highest BCUT2D eigenvalue weighted by Gasteiger charge is 2.18. The van der Waals surface area contributed by atoms with E-state index in [1.807, 2.05) is 31.2 Å². The summed E-state index contributed by atoms with van der Waals surface area (Å²) in [7, 11) is 0. The van der Waals surface area contributed by atoms with Crippen molar-refractivity contribution < 1.29 is 9.53 Å². The summed E-state index contributed by atoms with van der Waals surface area (Å²) >= 11 is 0. The highest BCUT2D eigenvalue weighted by atomic mass is 16.6. The Hall–Kier alpha value is -2.50. The number of aryl methyl sites for hydroxylation is 1. The van der Waals surface area contributed by atoms with Crippen LogP contribution in [0.2, 0.25) is 0 Å². The van der Waals surface area contributed by atoms with E-state index in [2.05, 4.69) is 10.4 Å². The van der Waals surface area contributed by atoms with Crippen LogP contribution in [0.25, 0.3) is 5.69 Å². The van der Waals surface area contributed by atoms with E-state index in [4.69, 9.17) is 10.5 Å². The molecule has 112 valence electrons. The Labute approximate surface area is 123 Å². The van der Waals surface area contributed by atoms with Gasteiger partial charge in [0.25, 0.3) is 0 Å². The number of nitrogens with two attached hydrogens (primary N) is 1. The molecule has 1 aromatic carbocycles. The standard InChI is InChI=1S/C15H20N4O2/c1-10-5-7-11(8-6-10)19-9-12(13(16)18-19)17-14(20)21-15(2,3)4/h5-9H,1-4H3,(H2,16,18)(H,17,20). The third-order valence-corrected chi connectivity index (χ3v) is 2.68. The van der Waals surface area contributed by atoms with E-state index in [0.717, 1.165) is 11.3 Å². The second kappa shape index (κ2) is 5.47. The normalized spacial score (nSPS) is 11.2. The highest BCUT2D eigenvalue weighted by molar-refractivity contribution is 5.88. The van der Waals surface area contributed by atoms with E-state index >= 15 is 0 Å². The molecule has 1 aromatic heterocycles. The maximum absolute atomic E-state index is 11.7. The number of hydrogen-bond donors (Lipinski definition) is 2. The van der Waals surface area contributed by atoms with Gasteiger partial charge in [-0.2, -0.15) is 0 Å². The molecule has 0 atom stereocenters. The Bertz CT molecular complexity index is 639. The molecule has 2 rings (SSSR count). The number of aromatic nitrogens is 2. The fourth-order valence-electron chi connectivity index (χ4n) is 1.73. The summed E-state index contributed by atoms with van der Waals surface area (Å²) in [5.41, 5.74) is 7.70. The maximum atomic E-state index is 11.7. The zero-order valence-electron chi connectivity index (χ0n) is 12.7. The maximum Gasteiger partial charge on any atom is 0.412 e. The minimum Gasteiger partial charge on any atom is -0.444 e. The van der Waals surface area contributed by atoms with Gasteiger partial charge in [0.15, 0.2) is 5.82 Å². The summed E-state index contributed by atoms with van der Waals surface area (Å²) in [5, 5.41) is 6.78. The topological polar surface area (TPSA) is 82.2 Å². The summed E-state index contributed by atoms with van der Waals surface area (Å²) in [6, 6.07) is 7.82. The highest BCUT2D eigenvalue weighted by Crippen LogP contribution is 2.20. The number of ether oxygens (including phenoxy) is 1. The first kappa shape index (κ1) is 14.9. The third kappa shape index (κ3) is 3.98. The number of amides is 1. The van der Waals surface area contributed by atoms with Crippen molar-refractivity contribution in [1.29, 1.82) is 0 Å². The van der Waals surface area contributed by atoms with E-state index < -0.39 is 11.7 Å². The van der Waals surface area contributed by atoms with Gasteiger partial charge in [0.2, 0.25) is 0 Å². The first-order chi connectivity index (χ1) is 9.74. The van der Waals surface area contributed by atoms with Crippen LogP contribution in [-0.4, -0.2) is 21.5 Å². The summed E-state index contributed by atoms with van der Waals surface area (Å²) < 4.78 is 6.80. The largest absolute Gasteiger partial charge is 0.444 e. The van der Waals surface area contributed by atoms with Crippen LogP contribution in [0.3, 0.4) is 0 Å². The number of benzene rings is 1. The van der Waals surface area contributed by atoms with E-state index in [0.29, 0.717) is 5.69 Å². The molecule has 1 amide bonds. The first-order valence-corrected chi connectivity index (χ1v) is 6.67. The Kier molecular flexibility index (Phi) is 3.88. The van der Waals surface area contributed by atoms with Gasteiger partial charge in [0.05, 0.1) is 11.9 Å². The van der Waals surface area contributed by atoms with Gasteiger partial charge >= 0.3 is 6.09 Å². The number of nitrogens with one attached hydrogen (secondary N) is 1. The Balaban J connectivity index is 2.16. The fourth-order valence-corrected chi connectivity index (χ4v) is 1.73. The first-order valence-electron chi connectivity index (χ1n) is 6.67. The molecule has 0 fully saturated rings. The van der Waals surface area contributed by atoms with Gasteiger partial charge in [0, 0.05) is 0 Å². The van der Waals surface area contributed by atoms with Crippen molar-refractivity contribution in [1.82, 2.24) is 9.78 Å². The molecule has 2 aromatic rings. The molecule has 0 aliphatic rings. The molecule has 0 saturated heterocycles. The number of hydrogen-bond acceptors (Lipinski definition) is 4. The molecule has 6 heteroatoms. The second-order valence-corrected chi connectivity index (χ2v) is 5.84. The minimum atomic E-state index is -0.564. The van der Waals surface area contributed by atoms with Crippen molar-refractivity contribution in [3.8, 4) is 5.69 Å². The third-order valence-electron chi connectivity index (χ3n) is 2.68. The zero-order valence-corrected chi connectivity index (χ0v) is 12.7. The molecular weight excluding hydrogens is 268 g/mol. The van der Waals surface area contributed by atoms with E-state index in [1.165, 1.54) is 0 Å². The minimum absolute atomic E-state index is 0.237. The molecule has 0 unspecified atom stereocenters. The number of nitrogens with zero attached hydrogens (tertiary/aromatic N) is 2. The van der Waals surface area contributed by atoms with Crippen LogP contribution in [0.1, 0.15) is 26.3 Å². The summed E-state index contributed by atoms with van der Waals surface area (Å²) in [4.78, 5) is 11.7. The van der Waals surface area contributed by atoms with Crippen LogP contribution in [0.5, 0.6) is 0 Å². The average molecular weight is 288 g/mol. The fraction of sp³-hybridized carbons (Fsp3) is 0.333. The molecule has 0 aliphatic carbocycles. The lowest BCUT2D eigenvalue weighted by atomic mass is 10.2. The van der Waals surface area contributed by atoms with Crippen molar-refractivity contribution >= 4 is 17.6 Å². The summed E-state index contributed by atoms with van der Waals surface area (Å²) in [6.07, 6.45) is 1.10. The molecule has 6 nitrogen and oxygen atoms in total. The van der Waals surface area contributed by atoms with Crippen LogP contribution in [0.4, 0.5) is 16.3 Å². The van der Waals surface area contributed by atoms with Crippen LogP contribution >= 0.6 is 0 Å². The molecule has 0 saturated carbocycles. The molecule has 0 radical (unpaired) electrons. The van der Waals surface area contributed by atoms with Crippen molar-refractivity contribution in [3.05, 3.63) is 36.0 Å². The Morgan fingerprint density at radius 1 is 1.29 bits per heavy atom. The van der Waals surface area contributed by atoms with Crippen molar-refractivity contribution in [3.63, 3.8) is 0 Å². The number of anilines is 2. The number of carbonyl (C=O) groups excluding carboxylic acids is 1. The predicted octanol–water partition coefficient (Wildman–Crippen LogP) is 3.11. The lowest BCUT2D eigenvalue weighted by Crippen LogP contribution is -2.27. The summed E-state index contributed by atoms with van der Waals surface area (Å²) in [5.74, 6) is 0.237. The average Bonchev–Trinajstić information content (AvgIpc) is 2.69. The van der Waals surface area contributed by atoms with Gasteiger partial charge in [-0.3, -0.25) is 5.32 Å². The smallest absolute Gasteiger partial charge is 0.412 e. The van der Waals surface area contributed by atoms with Gasteiger partial charge in [-0.05, 0) is 39.8 Å². The Morgan fingerprint density at radius 3 is 2.48 bits per heavy atom. The van der Waals surface area contributed by atoms with Crippen LogP contribution < -0.4 is 11.1 Å². The van der Waals surface area contributed by atoms with Gasteiger partial charge in [-0.25, -0.2) is 9.48 Å². The lowest BCUT2D eigenvalue weighted by Gasteiger charge is -2.19. The molecule has 0 bridgehead atoms. The van der Waals surface area contributed by atoms with Crippen LogP contribution in [0, 0.1) is 6.92 Å². The van der Waals surface area contributed by atoms with E-state index in [9.17, 15) is 4.79 Å². The van der Waals surface area contributed by atoms with Crippen molar-refractivity contribution in [2.45, 2.75) is 33.3 Å². The van der Waals surface area contributed by atoms with Gasteiger partial charge in [-0.15, -0.1) is 5.10 Å². The molecular formula is C15H20N4O2. The van der Waals surface area contributed by atoms with Gasteiger partial charge in [-0.1, -0.05) is 17.7 Å². The number of carbonyl (C=O) groups is 1. The molecule has 21 heavy (non-hydrogen) atoms. The van der Waals surface area contributed by atoms with Gasteiger partial charge in [0.1, 0.15) is 11.3 Å². The lowest BCUT2D eigenvalue weighted by molar-refractivity contribution is 0.0636. The SMILES string of the molecule is Cc1ccc(-n2cc(NC(=O)OC(C)(C)C)c(N)n2)cc1. The summed E-state index contributed by atoms with van der Waals surface area (Å²) in [6.45, 7) is 7.40. The molecule has 3 N–H and O–H groups in total. The second-order valence-electron chi connectivity index (χ2n) is 5.84.